The Balaban J connectivity index is 1.95. The van der Waals surface area contributed by atoms with Crippen molar-refractivity contribution in [3.63, 3.8) is 0 Å². The van der Waals surface area contributed by atoms with Gasteiger partial charge in [-0.25, -0.2) is 13.4 Å². The van der Waals surface area contributed by atoms with E-state index in [0.717, 1.165) is 0 Å². The molecule has 0 saturated carbocycles. The first kappa shape index (κ1) is 21.2. The number of nitrogens with zero attached hydrogens (tertiary/aromatic N) is 3. The summed E-state index contributed by atoms with van der Waals surface area (Å²) in [6.07, 6.45) is 3.07. The van der Waals surface area contributed by atoms with Crippen LogP contribution in [0.2, 0.25) is 0 Å². The highest BCUT2D eigenvalue weighted by molar-refractivity contribution is 8.00. The average molecular weight is 442 g/mol. The quantitative estimate of drug-likeness (QED) is 0.461. The van der Waals surface area contributed by atoms with Crippen molar-refractivity contribution in [3.8, 4) is 11.3 Å². The predicted octanol–water partition coefficient (Wildman–Crippen LogP) is 4.03. The number of anilines is 1. The van der Waals surface area contributed by atoms with E-state index in [1.165, 1.54) is 48.7 Å². The summed E-state index contributed by atoms with van der Waals surface area (Å²) in [5.41, 5.74) is -3.51. The van der Waals surface area contributed by atoms with Crippen molar-refractivity contribution in [3.05, 3.63) is 61.1 Å². The molecule has 0 bridgehead atoms. The Bertz CT molecular complexity index is 1100. The van der Waals surface area contributed by atoms with E-state index in [2.05, 4.69) is 9.82 Å². The van der Waals surface area contributed by atoms with Crippen molar-refractivity contribution < 1.29 is 21.6 Å². The summed E-state index contributed by atoms with van der Waals surface area (Å²) in [4.78, 5) is 6.56. The highest BCUT2D eigenvalue weighted by atomic mass is 32.2. The molecule has 3 rings (SSSR count). The van der Waals surface area contributed by atoms with Gasteiger partial charge in [0.2, 0.25) is 0 Å². The van der Waals surface area contributed by atoms with E-state index < -0.39 is 15.5 Å². The third-order valence-corrected chi connectivity index (χ3v) is 6.08. The molecule has 0 radical (unpaired) electrons. The van der Waals surface area contributed by atoms with Crippen molar-refractivity contribution in [1.29, 1.82) is 0 Å². The fourth-order valence-corrected chi connectivity index (χ4v) is 4.32. The van der Waals surface area contributed by atoms with Crippen molar-refractivity contribution in [2.24, 2.45) is 7.05 Å². The van der Waals surface area contributed by atoms with Crippen LogP contribution in [-0.2, 0) is 17.1 Å². The summed E-state index contributed by atoms with van der Waals surface area (Å²) < 4.78 is 65.5. The molecule has 11 heteroatoms. The molecule has 1 aromatic heterocycles. The van der Waals surface area contributed by atoms with Gasteiger partial charge in [0.1, 0.15) is 0 Å². The lowest BCUT2D eigenvalue weighted by atomic mass is 10.1. The van der Waals surface area contributed by atoms with E-state index in [4.69, 9.17) is 0 Å². The number of nitrogens with one attached hydrogen (secondary N) is 1. The molecule has 0 saturated heterocycles. The number of halogens is 3. The van der Waals surface area contributed by atoms with Gasteiger partial charge in [0.05, 0.1) is 22.6 Å². The van der Waals surface area contributed by atoms with Crippen LogP contribution in [0.4, 0.5) is 18.9 Å². The molecule has 0 fully saturated rings. The molecule has 0 atom stereocenters. The lowest BCUT2D eigenvalue weighted by Crippen LogP contribution is -2.39. The van der Waals surface area contributed by atoms with E-state index >= 15 is 0 Å². The molecular weight excluding hydrogens is 425 g/mol. The van der Waals surface area contributed by atoms with Crippen LogP contribution in [0.3, 0.4) is 0 Å². The maximum atomic E-state index is 12.9. The summed E-state index contributed by atoms with van der Waals surface area (Å²) in [7, 11) is -0.677. The van der Waals surface area contributed by atoms with Crippen LogP contribution in [0.5, 0.6) is 0 Å². The summed E-state index contributed by atoms with van der Waals surface area (Å²) in [5, 5.41) is 1.23. The molecule has 0 aliphatic carbocycles. The van der Waals surface area contributed by atoms with Crippen molar-refractivity contribution in [2.45, 2.75) is 15.3 Å². The first-order valence-electron chi connectivity index (χ1n) is 8.24. The fraction of sp³-hybridized carbons (Fsp3) is 0.167. The first-order valence-corrected chi connectivity index (χ1v) is 10.5. The van der Waals surface area contributed by atoms with E-state index in [1.807, 2.05) is 0 Å². The number of hydrazine groups is 1. The number of hydrogen-bond acceptors (Lipinski definition) is 5. The van der Waals surface area contributed by atoms with Crippen LogP contribution in [0, 0.1) is 0 Å². The summed E-state index contributed by atoms with van der Waals surface area (Å²) in [6, 6.07) is 11.9. The van der Waals surface area contributed by atoms with Crippen LogP contribution >= 0.6 is 11.8 Å². The number of aryl methyl sites for hydroxylation is 1. The minimum atomic E-state index is -4.47. The van der Waals surface area contributed by atoms with Gasteiger partial charge in [-0.1, -0.05) is 18.2 Å². The molecule has 6 nitrogen and oxygen atoms in total. The Kier molecular flexibility index (Phi) is 5.92. The Labute approximate surface area is 170 Å². The third-order valence-electron chi connectivity index (χ3n) is 3.87. The van der Waals surface area contributed by atoms with E-state index in [-0.39, 0.29) is 27.1 Å². The number of benzene rings is 2. The summed E-state index contributed by atoms with van der Waals surface area (Å²) in [5.74, 6) is 0. The van der Waals surface area contributed by atoms with Gasteiger partial charge in [-0.2, -0.15) is 13.2 Å². The maximum Gasteiger partial charge on any atom is 0.446 e. The lowest BCUT2D eigenvalue weighted by Gasteiger charge is -2.22. The Morgan fingerprint density at radius 2 is 1.83 bits per heavy atom. The van der Waals surface area contributed by atoms with Gasteiger partial charge in [0.25, 0.3) is 10.0 Å². The van der Waals surface area contributed by atoms with Gasteiger partial charge >= 0.3 is 5.51 Å². The van der Waals surface area contributed by atoms with Crippen LogP contribution in [0.15, 0.2) is 70.8 Å². The zero-order valence-corrected chi connectivity index (χ0v) is 17.0. The zero-order valence-electron chi connectivity index (χ0n) is 15.4. The standard InChI is InChI=1S/C18H17F3N4O2S2/c1-24-11-16(22-12-24)15-10-13(8-9-17(15)28-18(19,20)21)25(2)23-29(26,27)14-6-4-3-5-7-14/h3-12,23H,1-2H3. The van der Waals surface area contributed by atoms with E-state index in [0.29, 0.717) is 11.4 Å². The summed E-state index contributed by atoms with van der Waals surface area (Å²) >= 11 is -0.245. The molecule has 0 aliphatic heterocycles. The predicted molar refractivity (Wildman–Crippen MR) is 106 cm³/mol. The molecule has 0 spiro atoms. The summed E-state index contributed by atoms with van der Waals surface area (Å²) in [6.45, 7) is 0. The largest absolute Gasteiger partial charge is 0.446 e. The minimum absolute atomic E-state index is 0.0285. The molecule has 1 N–H and O–H groups in total. The van der Waals surface area contributed by atoms with Crippen LogP contribution < -0.4 is 9.84 Å². The molecule has 0 unspecified atom stereocenters. The molecule has 154 valence electrons. The van der Waals surface area contributed by atoms with Gasteiger partial charge in [-0.15, -0.1) is 4.83 Å². The van der Waals surface area contributed by atoms with Crippen molar-refractivity contribution in [2.75, 3.05) is 12.1 Å². The molecule has 3 aromatic rings. The minimum Gasteiger partial charge on any atom is -0.340 e. The smallest absolute Gasteiger partial charge is 0.340 e. The number of imidazole rings is 1. The SMILES string of the molecule is CN(NS(=O)(=O)c1ccccc1)c1ccc(SC(F)(F)F)c(-c2cn(C)cn2)c1. The molecule has 29 heavy (non-hydrogen) atoms. The molecule has 1 heterocycles. The number of alkyl halides is 3. The highest BCUT2D eigenvalue weighted by Crippen LogP contribution is 2.42. The Morgan fingerprint density at radius 1 is 1.14 bits per heavy atom. The van der Waals surface area contributed by atoms with Gasteiger partial charge in [-0.3, -0.25) is 5.01 Å². The first-order chi connectivity index (χ1) is 13.5. The third kappa shape index (κ3) is 5.31. The highest BCUT2D eigenvalue weighted by Gasteiger charge is 2.31. The number of thioether (sulfide) groups is 1. The van der Waals surface area contributed by atoms with E-state index in [9.17, 15) is 21.6 Å². The van der Waals surface area contributed by atoms with Crippen LogP contribution in [0.1, 0.15) is 0 Å². The molecular formula is C18H17F3N4O2S2. The monoisotopic (exact) mass is 442 g/mol. The number of sulfonamides is 1. The second-order valence-corrected chi connectivity index (χ2v) is 8.89. The van der Waals surface area contributed by atoms with Gasteiger partial charge < -0.3 is 4.57 Å². The topological polar surface area (TPSA) is 67.2 Å². The molecule has 0 aliphatic rings. The second kappa shape index (κ2) is 8.09. The molecule has 0 amide bonds. The van der Waals surface area contributed by atoms with Gasteiger partial charge in [0, 0.05) is 30.8 Å². The average Bonchev–Trinajstić information content (AvgIpc) is 3.07. The Hall–Kier alpha value is -2.50. The molecule has 2 aromatic carbocycles. The maximum absolute atomic E-state index is 12.9. The normalized spacial score (nSPS) is 12.2. The van der Waals surface area contributed by atoms with Gasteiger partial charge in [-0.05, 0) is 42.1 Å². The number of aromatic nitrogens is 2. The fourth-order valence-electron chi connectivity index (χ4n) is 2.58. The van der Waals surface area contributed by atoms with Gasteiger partial charge in [0.15, 0.2) is 0 Å². The Morgan fingerprint density at radius 3 is 2.41 bits per heavy atom. The van der Waals surface area contributed by atoms with Crippen molar-refractivity contribution >= 4 is 27.5 Å². The zero-order chi connectivity index (χ0) is 21.2. The number of rotatable bonds is 6. The van der Waals surface area contributed by atoms with Crippen molar-refractivity contribution in [1.82, 2.24) is 14.4 Å². The van der Waals surface area contributed by atoms with E-state index in [1.54, 1.807) is 36.0 Å². The van der Waals surface area contributed by atoms with Crippen LogP contribution in [-0.4, -0.2) is 30.5 Å². The second-order valence-electron chi connectivity index (χ2n) is 6.12. The van der Waals surface area contributed by atoms with Crippen LogP contribution in [0.25, 0.3) is 11.3 Å². The lowest BCUT2D eigenvalue weighted by molar-refractivity contribution is -0.0328. The number of hydrogen-bond donors (Lipinski definition) is 1.